The van der Waals surface area contributed by atoms with Crippen LogP contribution in [0.2, 0.25) is 0 Å². The topological polar surface area (TPSA) is 53.9 Å². The van der Waals surface area contributed by atoms with Gasteiger partial charge in [0, 0.05) is 26.7 Å². The van der Waals surface area contributed by atoms with Gasteiger partial charge in [-0.3, -0.25) is 9.79 Å². The normalized spacial score (nSPS) is 21.4. The lowest BCUT2D eigenvalue weighted by atomic mass is 9.99. The van der Waals surface area contributed by atoms with Gasteiger partial charge in [0.05, 0.1) is 13.0 Å². The number of methoxy groups -OCH3 is 1. The molecule has 0 spiro atoms. The Morgan fingerprint density at radius 3 is 2.91 bits per heavy atom. The molecule has 1 saturated heterocycles. The van der Waals surface area contributed by atoms with Crippen LogP contribution in [0.4, 0.5) is 0 Å². The third kappa shape index (κ3) is 4.84. The average molecular weight is 437 g/mol. The van der Waals surface area contributed by atoms with Crippen molar-refractivity contribution >= 4 is 47.2 Å². The monoisotopic (exact) mass is 437 g/mol. The number of aliphatic imine (C=N–C) groups is 1. The van der Waals surface area contributed by atoms with Crippen LogP contribution in [0.15, 0.2) is 21.8 Å². The third-order valence-corrected chi connectivity index (χ3v) is 4.64. The number of guanidine groups is 1. The Labute approximate surface area is 153 Å². The Morgan fingerprint density at radius 1 is 1.55 bits per heavy atom. The van der Waals surface area contributed by atoms with E-state index in [1.54, 1.807) is 18.4 Å². The number of thiophene rings is 1. The van der Waals surface area contributed by atoms with Gasteiger partial charge in [0.1, 0.15) is 0 Å². The Kier molecular flexibility index (Phi) is 8.16. The molecule has 1 N–H and O–H groups in total. The first-order valence-corrected chi connectivity index (χ1v) is 8.14. The van der Waals surface area contributed by atoms with Gasteiger partial charge in [-0.15, -0.1) is 24.0 Å². The largest absolute Gasteiger partial charge is 0.469 e. The molecule has 0 radical (unpaired) electrons. The van der Waals surface area contributed by atoms with E-state index in [4.69, 9.17) is 4.74 Å². The van der Waals surface area contributed by atoms with Crippen molar-refractivity contribution in [3.05, 3.63) is 22.4 Å². The van der Waals surface area contributed by atoms with Gasteiger partial charge < -0.3 is 15.0 Å². The Hall–Kier alpha value is -0.830. The van der Waals surface area contributed by atoms with E-state index in [0.717, 1.165) is 25.5 Å². The number of rotatable bonds is 4. The number of hydrogen-bond acceptors (Lipinski definition) is 4. The van der Waals surface area contributed by atoms with E-state index in [1.165, 1.54) is 12.7 Å². The highest BCUT2D eigenvalue weighted by molar-refractivity contribution is 14.0. The minimum absolute atomic E-state index is 0. The van der Waals surface area contributed by atoms with Crippen LogP contribution in [0, 0.1) is 11.8 Å². The van der Waals surface area contributed by atoms with Crippen LogP contribution in [0.3, 0.4) is 0 Å². The van der Waals surface area contributed by atoms with Crippen molar-refractivity contribution < 1.29 is 9.53 Å². The van der Waals surface area contributed by atoms with Gasteiger partial charge in [-0.05, 0) is 34.7 Å². The number of likely N-dealkylation sites (tertiary alicyclic amines) is 1. The summed E-state index contributed by atoms with van der Waals surface area (Å²) in [6.45, 7) is 4.43. The van der Waals surface area contributed by atoms with Gasteiger partial charge in [0.15, 0.2) is 5.96 Å². The quantitative estimate of drug-likeness (QED) is 0.340. The van der Waals surface area contributed by atoms with Gasteiger partial charge in [-0.25, -0.2) is 0 Å². The number of esters is 1. The van der Waals surface area contributed by atoms with Crippen molar-refractivity contribution in [3.8, 4) is 0 Å². The maximum Gasteiger partial charge on any atom is 0.310 e. The molecule has 124 valence electrons. The molecule has 2 heterocycles. The molecule has 0 saturated carbocycles. The molecular formula is C15H24IN3O2S. The standard InChI is InChI=1S/C15H23N3O2S.HI/c1-11-8-18(9-13(11)14(19)20-3)15(16-2)17-6-4-12-5-7-21-10-12;/h5,7,10-11,13H,4,6,8-9H2,1-3H3,(H,16,17);1H. The molecule has 2 rings (SSSR count). The number of carbonyl (C=O) groups is 1. The summed E-state index contributed by atoms with van der Waals surface area (Å²) >= 11 is 1.72. The molecule has 1 fully saturated rings. The lowest BCUT2D eigenvalue weighted by Crippen LogP contribution is -2.41. The van der Waals surface area contributed by atoms with E-state index in [2.05, 4.69) is 39.0 Å². The fourth-order valence-electron chi connectivity index (χ4n) is 2.68. The second kappa shape index (κ2) is 9.34. The molecule has 7 heteroatoms. The van der Waals surface area contributed by atoms with E-state index in [0.29, 0.717) is 6.54 Å². The maximum atomic E-state index is 11.7. The smallest absolute Gasteiger partial charge is 0.310 e. The predicted molar refractivity (Wildman–Crippen MR) is 101 cm³/mol. The molecular weight excluding hydrogens is 413 g/mol. The van der Waals surface area contributed by atoms with Gasteiger partial charge in [-0.1, -0.05) is 6.92 Å². The first kappa shape index (κ1) is 19.2. The fourth-order valence-corrected chi connectivity index (χ4v) is 3.39. The summed E-state index contributed by atoms with van der Waals surface area (Å²) in [5, 5.41) is 7.63. The Bertz CT molecular complexity index is 493. The SMILES string of the molecule is CN=C(NCCc1ccsc1)N1CC(C)C(C(=O)OC)C1.I. The zero-order valence-corrected chi connectivity index (χ0v) is 16.4. The fraction of sp³-hybridized carbons (Fsp3) is 0.600. The first-order chi connectivity index (χ1) is 10.2. The molecule has 0 bridgehead atoms. The molecule has 0 aliphatic carbocycles. The number of ether oxygens (including phenoxy) is 1. The summed E-state index contributed by atoms with van der Waals surface area (Å²) in [6, 6.07) is 2.14. The van der Waals surface area contributed by atoms with Crippen molar-refractivity contribution in [2.75, 3.05) is 33.8 Å². The second-order valence-corrected chi connectivity index (χ2v) is 6.15. The molecule has 2 unspecified atom stereocenters. The van der Waals surface area contributed by atoms with Crippen molar-refractivity contribution in [3.63, 3.8) is 0 Å². The Balaban J connectivity index is 0.00000242. The number of hydrogen-bond donors (Lipinski definition) is 1. The second-order valence-electron chi connectivity index (χ2n) is 5.37. The summed E-state index contributed by atoms with van der Waals surface area (Å²) in [7, 11) is 3.23. The highest BCUT2D eigenvalue weighted by atomic mass is 127. The summed E-state index contributed by atoms with van der Waals surface area (Å²) in [5.41, 5.74) is 1.34. The molecule has 1 aliphatic heterocycles. The minimum atomic E-state index is -0.126. The molecule has 1 aromatic rings. The van der Waals surface area contributed by atoms with E-state index < -0.39 is 0 Å². The van der Waals surface area contributed by atoms with Crippen molar-refractivity contribution in [2.45, 2.75) is 13.3 Å². The zero-order chi connectivity index (χ0) is 15.2. The van der Waals surface area contributed by atoms with E-state index in [9.17, 15) is 4.79 Å². The minimum Gasteiger partial charge on any atom is -0.469 e. The molecule has 22 heavy (non-hydrogen) atoms. The van der Waals surface area contributed by atoms with Crippen LogP contribution >= 0.6 is 35.3 Å². The average Bonchev–Trinajstić information content (AvgIpc) is 3.12. The van der Waals surface area contributed by atoms with E-state index in [-0.39, 0.29) is 41.8 Å². The van der Waals surface area contributed by atoms with Gasteiger partial charge in [-0.2, -0.15) is 11.3 Å². The molecule has 0 amide bonds. The number of nitrogens with zero attached hydrogens (tertiary/aromatic N) is 2. The summed E-state index contributed by atoms with van der Waals surface area (Å²) in [5.74, 6) is 0.959. The zero-order valence-electron chi connectivity index (χ0n) is 13.2. The highest BCUT2D eigenvalue weighted by Gasteiger charge is 2.36. The summed E-state index contributed by atoms with van der Waals surface area (Å²) in [4.78, 5) is 18.2. The van der Waals surface area contributed by atoms with Crippen LogP contribution < -0.4 is 5.32 Å². The maximum absolute atomic E-state index is 11.7. The van der Waals surface area contributed by atoms with Gasteiger partial charge in [0.2, 0.25) is 0 Å². The van der Waals surface area contributed by atoms with E-state index in [1.807, 2.05) is 0 Å². The number of carbonyl (C=O) groups excluding carboxylic acids is 1. The van der Waals surface area contributed by atoms with Crippen molar-refractivity contribution in [1.82, 2.24) is 10.2 Å². The van der Waals surface area contributed by atoms with Gasteiger partial charge >= 0.3 is 5.97 Å². The lowest BCUT2D eigenvalue weighted by molar-refractivity contribution is -0.145. The molecule has 1 aliphatic rings. The Morgan fingerprint density at radius 2 is 2.32 bits per heavy atom. The van der Waals surface area contributed by atoms with Crippen LogP contribution in [0.25, 0.3) is 0 Å². The lowest BCUT2D eigenvalue weighted by Gasteiger charge is -2.21. The van der Waals surface area contributed by atoms with Crippen LogP contribution in [-0.2, 0) is 16.0 Å². The summed E-state index contributed by atoms with van der Waals surface area (Å²) in [6.07, 6.45) is 0.979. The molecule has 2 atom stereocenters. The van der Waals surface area contributed by atoms with Crippen molar-refractivity contribution in [1.29, 1.82) is 0 Å². The van der Waals surface area contributed by atoms with Crippen LogP contribution in [0.5, 0.6) is 0 Å². The number of nitrogens with one attached hydrogen (secondary N) is 1. The molecule has 0 aromatic carbocycles. The number of halogens is 1. The predicted octanol–water partition coefficient (Wildman–Crippen LogP) is 2.22. The molecule has 5 nitrogen and oxygen atoms in total. The first-order valence-electron chi connectivity index (χ1n) is 7.20. The molecule has 1 aromatic heterocycles. The van der Waals surface area contributed by atoms with Crippen LogP contribution in [-0.4, -0.2) is 50.6 Å². The van der Waals surface area contributed by atoms with E-state index >= 15 is 0 Å². The van der Waals surface area contributed by atoms with Crippen molar-refractivity contribution in [2.24, 2.45) is 16.8 Å². The highest BCUT2D eigenvalue weighted by Crippen LogP contribution is 2.24. The summed E-state index contributed by atoms with van der Waals surface area (Å²) < 4.78 is 4.87. The van der Waals surface area contributed by atoms with Gasteiger partial charge in [0.25, 0.3) is 0 Å². The van der Waals surface area contributed by atoms with Crippen LogP contribution in [0.1, 0.15) is 12.5 Å². The third-order valence-electron chi connectivity index (χ3n) is 3.90.